The highest BCUT2D eigenvalue weighted by Crippen LogP contribution is 2.17. The molecule has 0 radical (unpaired) electrons. The number of thioether (sulfide) groups is 1. The summed E-state index contributed by atoms with van der Waals surface area (Å²) in [6, 6.07) is 8.30. The van der Waals surface area contributed by atoms with Gasteiger partial charge in [-0.15, -0.1) is 11.8 Å². The molecule has 1 aliphatic rings. The third-order valence-corrected chi connectivity index (χ3v) is 4.57. The van der Waals surface area contributed by atoms with Crippen molar-refractivity contribution in [2.24, 2.45) is 0 Å². The average Bonchev–Trinajstić information content (AvgIpc) is 2.96. The Morgan fingerprint density at radius 3 is 2.65 bits per heavy atom. The maximum absolute atomic E-state index is 11.7. The standard InChI is InChI=1S/C16H24N2OS/c1-14-5-7-15(8-6-14)20-13-16(19)17-9-4-12-18-10-2-3-11-18/h5-8H,2-4,9-13H2,1H3,(H,17,19). The first-order valence-electron chi connectivity index (χ1n) is 7.42. The highest BCUT2D eigenvalue weighted by molar-refractivity contribution is 8.00. The maximum Gasteiger partial charge on any atom is 0.230 e. The smallest absolute Gasteiger partial charge is 0.230 e. The Morgan fingerprint density at radius 2 is 1.95 bits per heavy atom. The van der Waals surface area contributed by atoms with E-state index in [1.165, 1.54) is 31.5 Å². The molecule has 4 heteroatoms. The van der Waals surface area contributed by atoms with E-state index in [1.807, 2.05) is 0 Å². The second-order valence-corrected chi connectivity index (χ2v) is 6.40. The minimum atomic E-state index is 0.136. The lowest BCUT2D eigenvalue weighted by Gasteiger charge is -2.14. The Kier molecular flexibility index (Phi) is 6.40. The highest BCUT2D eigenvalue weighted by Gasteiger charge is 2.10. The molecule has 1 fully saturated rings. The van der Waals surface area contributed by atoms with E-state index in [0.29, 0.717) is 5.75 Å². The van der Waals surface area contributed by atoms with Gasteiger partial charge in [0.1, 0.15) is 0 Å². The van der Waals surface area contributed by atoms with Crippen LogP contribution in [0, 0.1) is 6.92 Å². The van der Waals surface area contributed by atoms with Crippen molar-refractivity contribution >= 4 is 17.7 Å². The first kappa shape index (κ1) is 15.4. The van der Waals surface area contributed by atoms with Gasteiger partial charge in [-0.2, -0.15) is 0 Å². The van der Waals surface area contributed by atoms with Crippen molar-refractivity contribution in [3.05, 3.63) is 29.8 Å². The molecule has 3 nitrogen and oxygen atoms in total. The van der Waals surface area contributed by atoms with Crippen LogP contribution in [0.4, 0.5) is 0 Å². The molecule has 0 saturated carbocycles. The average molecular weight is 292 g/mol. The van der Waals surface area contributed by atoms with Crippen molar-refractivity contribution in [1.82, 2.24) is 10.2 Å². The second-order valence-electron chi connectivity index (χ2n) is 5.35. The van der Waals surface area contributed by atoms with E-state index in [0.717, 1.165) is 24.4 Å². The third kappa shape index (κ3) is 5.55. The maximum atomic E-state index is 11.7. The number of nitrogens with one attached hydrogen (secondary N) is 1. The van der Waals surface area contributed by atoms with Crippen molar-refractivity contribution < 1.29 is 4.79 Å². The van der Waals surface area contributed by atoms with Gasteiger partial charge in [0, 0.05) is 11.4 Å². The number of hydrogen-bond acceptors (Lipinski definition) is 3. The van der Waals surface area contributed by atoms with E-state index in [1.54, 1.807) is 11.8 Å². The Labute approximate surface area is 126 Å². The fraction of sp³-hybridized carbons (Fsp3) is 0.562. The summed E-state index contributed by atoms with van der Waals surface area (Å²) in [5, 5.41) is 3.00. The van der Waals surface area contributed by atoms with Crippen LogP contribution in [0.2, 0.25) is 0 Å². The zero-order chi connectivity index (χ0) is 14.2. The summed E-state index contributed by atoms with van der Waals surface area (Å²) in [5.74, 6) is 0.643. The van der Waals surface area contributed by atoms with E-state index in [9.17, 15) is 4.79 Å². The topological polar surface area (TPSA) is 32.3 Å². The van der Waals surface area contributed by atoms with Crippen molar-refractivity contribution in [2.45, 2.75) is 31.1 Å². The minimum absolute atomic E-state index is 0.136. The monoisotopic (exact) mass is 292 g/mol. The number of benzene rings is 1. The molecule has 0 aliphatic carbocycles. The molecule has 0 bridgehead atoms. The molecule has 0 unspecified atom stereocenters. The van der Waals surface area contributed by atoms with Gasteiger partial charge < -0.3 is 10.2 Å². The minimum Gasteiger partial charge on any atom is -0.355 e. The number of aryl methyl sites for hydroxylation is 1. The number of nitrogens with zero attached hydrogens (tertiary/aromatic N) is 1. The summed E-state index contributed by atoms with van der Waals surface area (Å²) < 4.78 is 0. The van der Waals surface area contributed by atoms with Gasteiger partial charge in [-0.05, 0) is 58.0 Å². The normalized spacial score (nSPS) is 15.4. The van der Waals surface area contributed by atoms with Crippen molar-refractivity contribution in [2.75, 3.05) is 31.9 Å². The zero-order valence-electron chi connectivity index (χ0n) is 12.2. The van der Waals surface area contributed by atoms with Crippen LogP contribution in [-0.2, 0) is 4.79 Å². The predicted molar refractivity (Wildman–Crippen MR) is 85.2 cm³/mol. The van der Waals surface area contributed by atoms with Crippen LogP contribution in [0.1, 0.15) is 24.8 Å². The van der Waals surface area contributed by atoms with Gasteiger partial charge in [0.25, 0.3) is 0 Å². The lowest BCUT2D eigenvalue weighted by Crippen LogP contribution is -2.29. The Bertz CT molecular complexity index is 413. The third-order valence-electron chi connectivity index (χ3n) is 3.56. The van der Waals surface area contributed by atoms with E-state index >= 15 is 0 Å². The van der Waals surface area contributed by atoms with Crippen LogP contribution in [0.25, 0.3) is 0 Å². The molecule has 20 heavy (non-hydrogen) atoms. The van der Waals surface area contributed by atoms with Gasteiger partial charge in [0.05, 0.1) is 5.75 Å². The lowest BCUT2D eigenvalue weighted by atomic mass is 10.2. The number of carbonyl (C=O) groups is 1. The van der Waals surface area contributed by atoms with Gasteiger partial charge in [-0.25, -0.2) is 0 Å². The number of likely N-dealkylation sites (tertiary alicyclic amines) is 1. The molecule has 1 aromatic carbocycles. The first-order chi connectivity index (χ1) is 9.74. The fourth-order valence-corrected chi connectivity index (χ4v) is 3.10. The van der Waals surface area contributed by atoms with E-state index in [-0.39, 0.29) is 5.91 Å². The number of amides is 1. The molecule has 0 aromatic heterocycles. The molecule has 1 saturated heterocycles. The Hall–Kier alpha value is -1.00. The summed E-state index contributed by atoms with van der Waals surface area (Å²) in [5.41, 5.74) is 1.25. The summed E-state index contributed by atoms with van der Waals surface area (Å²) in [4.78, 5) is 15.4. The van der Waals surface area contributed by atoms with Crippen molar-refractivity contribution in [1.29, 1.82) is 0 Å². The molecular weight excluding hydrogens is 268 g/mol. The van der Waals surface area contributed by atoms with Gasteiger partial charge in [0.15, 0.2) is 0 Å². The molecule has 2 rings (SSSR count). The lowest BCUT2D eigenvalue weighted by molar-refractivity contribution is -0.118. The molecular formula is C16H24N2OS. The highest BCUT2D eigenvalue weighted by atomic mass is 32.2. The molecule has 1 amide bonds. The first-order valence-corrected chi connectivity index (χ1v) is 8.41. The quantitative estimate of drug-likeness (QED) is 0.619. The molecule has 1 N–H and O–H groups in total. The van der Waals surface area contributed by atoms with Crippen molar-refractivity contribution in [3.63, 3.8) is 0 Å². The summed E-state index contributed by atoms with van der Waals surface area (Å²) in [6.07, 6.45) is 3.72. The molecule has 1 aromatic rings. The van der Waals surface area contributed by atoms with Crippen LogP contribution in [0.5, 0.6) is 0 Å². The van der Waals surface area contributed by atoms with Crippen LogP contribution < -0.4 is 5.32 Å². The molecule has 0 spiro atoms. The van der Waals surface area contributed by atoms with E-state index in [4.69, 9.17) is 0 Å². The van der Waals surface area contributed by atoms with Gasteiger partial charge >= 0.3 is 0 Å². The fourth-order valence-electron chi connectivity index (χ4n) is 2.37. The van der Waals surface area contributed by atoms with Gasteiger partial charge in [-0.3, -0.25) is 4.79 Å². The SMILES string of the molecule is Cc1ccc(SCC(=O)NCCCN2CCCC2)cc1. The summed E-state index contributed by atoms with van der Waals surface area (Å²) >= 11 is 1.60. The van der Waals surface area contributed by atoms with Crippen LogP contribution >= 0.6 is 11.8 Å². The Balaban J connectivity index is 1.54. The molecule has 110 valence electrons. The van der Waals surface area contributed by atoms with Crippen molar-refractivity contribution in [3.8, 4) is 0 Å². The van der Waals surface area contributed by atoms with Gasteiger partial charge in [0.2, 0.25) is 5.91 Å². The molecule has 1 aliphatic heterocycles. The number of rotatable bonds is 7. The van der Waals surface area contributed by atoms with E-state index in [2.05, 4.69) is 41.4 Å². The summed E-state index contributed by atoms with van der Waals surface area (Å²) in [7, 11) is 0. The van der Waals surface area contributed by atoms with Crippen LogP contribution in [-0.4, -0.2) is 42.7 Å². The van der Waals surface area contributed by atoms with Gasteiger partial charge in [-0.1, -0.05) is 17.7 Å². The Morgan fingerprint density at radius 1 is 1.25 bits per heavy atom. The number of carbonyl (C=O) groups excluding carboxylic acids is 1. The van der Waals surface area contributed by atoms with Crippen LogP contribution in [0.15, 0.2) is 29.2 Å². The summed E-state index contributed by atoms with van der Waals surface area (Å²) in [6.45, 7) is 6.45. The molecule has 0 atom stereocenters. The zero-order valence-corrected chi connectivity index (χ0v) is 13.0. The predicted octanol–water partition coefficient (Wildman–Crippen LogP) is 2.69. The van der Waals surface area contributed by atoms with E-state index < -0.39 is 0 Å². The largest absolute Gasteiger partial charge is 0.355 e. The number of hydrogen-bond donors (Lipinski definition) is 1. The molecule has 1 heterocycles. The second kappa shape index (κ2) is 8.32. The van der Waals surface area contributed by atoms with Crippen LogP contribution in [0.3, 0.4) is 0 Å².